The fraction of sp³-hybridized carbons (Fsp3) is 0.429. The molecule has 0 aromatic heterocycles. The van der Waals surface area contributed by atoms with Gasteiger partial charge in [-0.1, -0.05) is 6.42 Å². The molecule has 18 heavy (non-hydrogen) atoms. The van der Waals surface area contributed by atoms with E-state index in [0.29, 0.717) is 11.3 Å². The van der Waals surface area contributed by atoms with Crippen molar-refractivity contribution in [3.05, 3.63) is 23.8 Å². The van der Waals surface area contributed by atoms with Gasteiger partial charge in [0.05, 0.1) is 11.3 Å². The summed E-state index contributed by atoms with van der Waals surface area (Å²) >= 11 is 0. The number of hydrogen-bond donors (Lipinski definition) is 1. The van der Waals surface area contributed by atoms with E-state index in [9.17, 15) is 9.59 Å². The van der Waals surface area contributed by atoms with Crippen molar-refractivity contribution in [2.75, 3.05) is 23.8 Å². The standard InChI is InChI=1S/C14H16N2O2/c1-16(8-9-3-2-4-9)10-5-6-11-12(7-10)15-14(18)13(11)17/h5-7,9H,2-4,8H2,1H3,(H,15,17,18). The molecule has 0 saturated heterocycles. The van der Waals surface area contributed by atoms with Gasteiger partial charge < -0.3 is 10.2 Å². The summed E-state index contributed by atoms with van der Waals surface area (Å²) < 4.78 is 0. The van der Waals surface area contributed by atoms with Crippen molar-refractivity contribution >= 4 is 23.1 Å². The van der Waals surface area contributed by atoms with Crippen LogP contribution in [0.2, 0.25) is 0 Å². The maximum absolute atomic E-state index is 11.5. The van der Waals surface area contributed by atoms with Crippen LogP contribution in [0.1, 0.15) is 29.6 Å². The Bertz CT molecular complexity index is 521. The van der Waals surface area contributed by atoms with Crippen molar-refractivity contribution in [3.63, 3.8) is 0 Å². The number of nitrogens with zero attached hydrogens (tertiary/aromatic N) is 1. The van der Waals surface area contributed by atoms with Crippen molar-refractivity contribution < 1.29 is 9.59 Å². The third kappa shape index (κ3) is 1.78. The number of Topliss-reactive ketones (excluding diaryl/α,β-unsaturated/α-hetero) is 1. The number of amides is 1. The molecule has 3 rings (SSSR count). The summed E-state index contributed by atoms with van der Waals surface area (Å²) in [5.41, 5.74) is 2.18. The summed E-state index contributed by atoms with van der Waals surface area (Å²) in [6.07, 6.45) is 3.96. The minimum Gasteiger partial charge on any atom is -0.374 e. The van der Waals surface area contributed by atoms with E-state index in [1.54, 1.807) is 6.07 Å². The number of ketones is 1. The first-order valence-electron chi connectivity index (χ1n) is 6.36. The molecule has 1 aromatic carbocycles. The van der Waals surface area contributed by atoms with Crippen molar-refractivity contribution in [2.45, 2.75) is 19.3 Å². The lowest BCUT2D eigenvalue weighted by Gasteiger charge is -2.31. The summed E-state index contributed by atoms with van der Waals surface area (Å²) in [7, 11) is 2.05. The second kappa shape index (κ2) is 4.12. The molecule has 1 amide bonds. The first kappa shape index (κ1) is 11.3. The lowest BCUT2D eigenvalue weighted by Crippen LogP contribution is -2.29. The highest BCUT2D eigenvalue weighted by Gasteiger charge is 2.28. The smallest absolute Gasteiger partial charge is 0.296 e. The van der Waals surface area contributed by atoms with Crippen LogP contribution in [0.15, 0.2) is 18.2 Å². The SMILES string of the molecule is CN(CC1CCC1)c1ccc2c(c1)NC(=O)C2=O. The van der Waals surface area contributed by atoms with Gasteiger partial charge in [0.2, 0.25) is 0 Å². The molecule has 0 spiro atoms. The molecule has 0 unspecified atom stereocenters. The molecule has 1 heterocycles. The third-order valence-electron chi connectivity index (χ3n) is 3.90. The Labute approximate surface area is 106 Å². The molecule has 1 fully saturated rings. The van der Waals surface area contributed by atoms with Crippen LogP contribution in [-0.4, -0.2) is 25.3 Å². The quantitative estimate of drug-likeness (QED) is 0.828. The van der Waals surface area contributed by atoms with Gasteiger partial charge >= 0.3 is 0 Å². The zero-order valence-corrected chi connectivity index (χ0v) is 10.4. The highest BCUT2D eigenvalue weighted by atomic mass is 16.2. The van der Waals surface area contributed by atoms with E-state index in [0.717, 1.165) is 18.2 Å². The molecule has 1 aliphatic heterocycles. The van der Waals surface area contributed by atoms with Crippen molar-refractivity contribution in [1.29, 1.82) is 0 Å². The number of fused-ring (bicyclic) bond motifs is 1. The Balaban J connectivity index is 1.80. The number of anilines is 2. The maximum atomic E-state index is 11.5. The Morgan fingerprint density at radius 3 is 2.78 bits per heavy atom. The van der Waals surface area contributed by atoms with Gasteiger partial charge in [-0.2, -0.15) is 0 Å². The van der Waals surface area contributed by atoms with E-state index in [4.69, 9.17) is 0 Å². The fourth-order valence-electron chi connectivity index (χ4n) is 2.54. The van der Waals surface area contributed by atoms with Crippen LogP contribution < -0.4 is 10.2 Å². The van der Waals surface area contributed by atoms with Gasteiger partial charge in [-0.15, -0.1) is 0 Å². The molecule has 1 saturated carbocycles. The summed E-state index contributed by atoms with van der Waals surface area (Å²) in [6.45, 7) is 1.04. The molecule has 2 aliphatic rings. The topological polar surface area (TPSA) is 49.4 Å². The number of carbonyl (C=O) groups excluding carboxylic acids is 2. The molecule has 0 bridgehead atoms. The predicted molar refractivity (Wildman–Crippen MR) is 70.0 cm³/mol. The predicted octanol–water partition coefficient (Wildman–Crippen LogP) is 2.06. The lowest BCUT2D eigenvalue weighted by atomic mass is 9.85. The van der Waals surface area contributed by atoms with Crippen LogP contribution in [0.3, 0.4) is 0 Å². The summed E-state index contributed by atoms with van der Waals surface area (Å²) in [4.78, 5) is 24.9. The molecule has 4 heteroatoms. The summed E-state index contributed by atoms with van der Waals surface area (Å²) in [6, 6.07) is 5.54. The van der Waals surface area contributed by atoms with Gasteiger partial charge in [0.1, 0.15) is 0 Å². The highest BCUT2D eigenvalue weighted by molar-refractivity contribution is 6.51. The largest absolute Gasteiger partial charge is 0.374 e. The van der Waals surface area contributed by atoms with Crippen molar-refractivity contribution in [2.24, 2.45) is 5.92 Å². The summed E-state index contributed by atoms with van der Waals surface area (Å²) in [5, 5.41) is 2.61. The Morgan fingerprint density at radius 2 is 2.11 bits per heavy atom. The molecule has 0 atom stereocenters. The average Bonchev–Trinajstić information content (AvgIpc) is 2.59. The zero-order chi connectivity index (χ0) is 12.7. The van der Waals surface area contributed by atoms with Gasteiger partial charge in [0.15, 0.2) is 0 Å². The first-order chi connectivity index (χ1) is 8.65. The third-order valence-corrected chi connectivity index (χ3v) is 3.90. The molecule has 4 nitrogen and oxygen atoms in total. The fourth-order valence-corrected chi connectivity index (χ4v) is 2.54. The van der Waals surface area contributed by atoms with Crippen molar-refractivity contribution in [1.82, 2.24) is 0 Å². The van der Waals surface area contributed by atoms with E-state index in [-0.39, 0.29) is 0 Å². The Kier molecular flexibility index (Phi) is 2.58. The van der Waals surface area contributed by atoms with E-state index < -0.39 is 11.7 Å². The Hall–Kier alpha value is -1.84. The molecule has 1 aliphatic carbocycles. The minimum absolute atomic E-state index is 0.432. The molecule has 1 aromatic rings. The van der Waals surface area contributed by atoms with E-state index >= 15 is 0 Å². The van der Waals surface area contributed by atoms with E-state index in [1.807, 2.05) is 12.1 Å². The van der Waals surface area contributed by atoms with Gasteiger partial charge in [-0.3, -0.25) is 9.59 Å². The number of hydrogen-bond acceptors (Lipinski definition) is 3. The number of nitrogens with one attached hydrogen (secondary N) is 1. The molecular weight excluding hydrogens is 228 g/mol. The highest BCUT2D eigenvalue weighted by Crippen LogP contribution is 2.31. The van der Waals surface area contributed by atoms with Gasteiger partial charge in [-0.25, -0.2) is 0 Å². The molecule has 94 valence electrons. The van der Waals surface area contributed by atoms with Crippen LogP contribution >= 0.6 is 0 Å². The minimum atomic E-state index is -0.524. The Morgan fingerprint density at radius 1 is 1.33 bits per heavy atom. The maximum Gasteiger partial charge on any atom is 0.296 e. The normalized spacial score (nSPS) is 18.3. The second-order valence-electron chi connectivity index (χ2n) is 5.19. The number of rotatable bonds is 3. The molecule has 0 radical (unpaired) electrons. The van der Waals surface area contributed by atoms with Gasteiger partial charge in [0, 0.05) is 19.3 Å². The second-order valence-corrected chi connectivity index (χ2v) is 5.19. The number of carbonyl (C=O) groups is 2. The van der Waals surface area contributed by atoms with Crippen LogP contribution in [0.25, 0.3) is 0 Å². The molecular formula is C14H16N2O2. The van der Waals surface area contributed by atoms with E-state index in [2.05, 4.69) is 17.3 Å². The van der Waals surface area contributed by atoms with Crippen LogP contribution in [-0.2, 0) is 4.79 Å². The first-order valence-corrected chi connectivity index (χ1v) is 6.36. The average molecular weight is 244 g/mol. The molecule has 1 N–H and O–H groups in total. The van der Waals surface area contributed by atoms with Crippen molar-refractivity contribution in [3.8, 4) is 0 Å². The monoisotopic (exact) mass is 244 g/mol. The zero-order valence-electron chi connectivity index (χ0n) is 10.4. The summed E-state index contributed by atoms with van der Waals surface area (Å²) in [5.74, 6) is -0.165. The van der Waals surface area contributed by atoms with Gasteiger partial charge in [-0.05, 0) is 37.0 Å². The van der Waals surface area contributed by atoms with Crippen LogP contribution in [0, 0.1) is 5.92 Å². The van der Waals surface area contributed by atoms with Crippen LogP contribution in [0.5, 0.6) is 0 Å². The number of benzene rings is 1. The lowest BCUT2D eigenvalue weighted by molar-refractivity contribution is -0.112. The van der Waals surface area contributed by atoms with E-state index in [1.165, 1.54) is 19.3 Å². The van der Waals surface area contributed by atoms with Gasteiger partial charge in [0.25, 0.3) is 11.7 Å². The van der Waals surface area contributed by atoms with Crippen LogP contribution in [0.4, 0.5) is 11.4 Å².